The lowest BCUT2D eigenvalue weighted by atomic mass is 9.96. The summed E-state index contributed by atoms with van der Waals surface area (Å²) in [5.41, 5.74) is -1.16. The maximum atomic E-state index is 13.6. The zero-order chi connectivity index (χ0) is 27.6. The molecule has 0 saturated carbocycles. The molecule has 1 amide bonds. The highest BCUT2D eigenvalue weighted by atomic mass is 19.4. The van der Waals surface area contributed by atoms with Crippen LogP contribution in [-0.4, -0.2) is 52.8 Å². The summed E-state index contributed by atoms with van der Waals surface area (Å²) in [4.78, 5) is 27.9. The number of hydrogen-bond donors (Lipinski definition) is 1. The minimum Gasteiger partial charge on any atom is -0.472 e. The number of nitrogens with zero attached hydrogens (tertiary/aromatic N) is 5. The smallest absolute Gasteiger partial charge is 0.418 e. The van der Waals surface area contributed by atoms with Crippen LogP contribution in [-0.2, 0) is 9.53 Å². The number of anilines is 2. The highest BCUT2D eigenvalue weighted by molar-refractivity contribution is 6.08. The SMILES string of the molecule is CC(C)c1noc(C2CCN(c3ccc(NC(=O)C4=C(C(F)(F)F)COC(c5ccccc5)=N4)cn3)CC2)n1. The molecule has 1 fully saturated rings. The number of carbonyl (C=O) groups is 1. The van der Waals surface area contributed by atoms with Crippen molar-refractivity contribution in [2.75, 3.05) is 29.9 Å². The van der Waals surface area contributed by atoms with E-state index in [1.807, 2.05) is 13.8 Å². The van der Waals surface area contributed by atoms with Crippen molar-refractivity contribution in [3.8, 4) is 0 Å². The van der Waals surface area contributed by atoms with E-state index in [-0.39, 0.29) is 23.4 Å². The van der Waals surface area contributed by atoms with Gasteiger partial charge in [0.1, 0.15) is 23.7 Å². The molecule has 0 radical (unpaired) electrons. The van der Waals surface area contributed by atoms with E-state index < -0.39 is 30.0 Å². The van der Waals surface area contributed by atoms with Crippen LogP contribution >= 0.6 is 0 Å². The maximum Gasteiger partial charge on any atom is 0.418 e. The normalized spacial score (nSPS) is 16.8. The molecule has 39 heavy (non-hydrogen) atoms. The predicted molar refractivity (Wildman–Crippen MR) is 137 cm³/mol. The van der Waals surface area contributed by atoms with E-state index in [4.69, 9.17) is 9.26 Å². The molecule has 12 heteroatoms. The Balaban J connectivity index is 1.25. The van der Waals surface area contributed by atoms with Gasteiger partial charge in [-0.05, 0) is 37.1 Å². The van der Waals surface area contributed by atoms with Crippen molar-refractivity contribution in [1.82, 2.24) is 15.1 Å². The molecule has 204 valence electrons. The van der Waals surface area contributed by atoms with Gasteiger partial charge in [-0.15, -0.1) is 0 Å². The van der Waals surface area contributed by atoms with Crippen LogP contribution in [0, 0.1) is 0 Å². The van der Waals surface area contributed by atoms with Crippen LogP contribution < -0.4 is 10.2 Å². The zero-order valence-electron chi connectivity index (χ0n) is 21.4. The number of aliphatic imine (C=N–C) groups is 1. The number of hydrogen-bond acceptors (Lipinski definition) is 8. The summed E-state index contributed by atoms with van der Waals surface area (Å²) in [5.74, 6) is 1.39. The van der Waals surface area contributed by atoms with Gasteiger partial charge < -0.3 is 19.5 Å². The summed E-state index contributed by atoms with van der Waals surface area (Å²) < 4.78 is 51.6. The second-order valence-corrected chi connectivity index (χ2v) is 9.66. The Kier molecular flexibility index (Phi) is 7.36. The van der Waals surface area contributed by atoms with Crippen molar-refractivity contribution in [3.63, 3.8) is 0 Å². The van der Waals surface area contributed by atoms with Gasteiger partial charge in [-0.1, -0.05) is 37.2 Å². The van der Waals surface area contributed by atoms with Crippen molar-refractivity contribution in [1.29, 1.82) is 0 Å². The van der Waals surface area contributed by atoms with Gasteiger partial charge in [-0.2, -0.15) is 18.2 Å². The molecule has 0 atom stereocenters. The molecule has 1 N–H and O–H groups in total. The molecule has 5 rings (SSSR count). The molecular weight excluding hydrogens is 513 g/mol. The molecule has 0 unspecified atom stereocenters. The zero-order valence-corrected chi connectivity index (χ0v) is 21.4. The number of carbonyl (C=O) groups excluding carboxylic acids is 1. The second-order valence-electron chi connectivity index (χ2n) is 9.66. The standard InChI is InChI=1S/C27H27F3N6O3/c1-16(2)23-34-26(39-35-23)18-10-12-36(13-11-18)21-9-8-19(14-31-21)32-24(37)22-20(27(28,29)30)15-38-25(33-22)17-6-4-3-5-7-17/h3-9,14,16,18H,10-13,15H2,1-2H3,(H,32,37). The number of ether oxygens (including phenoxy) is 1. The molecular formula is C27H27F3N6O3. The molecule has 2 aliphatic rings. The van der Waals surface area contributed by atoms with Gasteiger partial charge in [0.25, 0.3) is 5.91 Å². The summed E-state index contributed by atoms with van der Waals surface area (Å²) in [6.07, 6.45) is -1.72. The lowest BCUT2D eigenvalue weighted by Gasteiger charge is -2.31. The van der Waals surface area contributed by atoms with Gasteiger partial charge >= 0.3 is 6.18 Å². The number of alkyl halides is 3. The topological polar surface area (TPSA) is 106 Å². The molecule has 0 spiro atoms. The first-order valence-electron chi connectivity index (χ1n) is 12.6. The van der Waals surface area contributed by atoms with Gasteiger partial charge in [0.15, 0.2) is 5.82 Å². The van der Waals surface area contributed by atoms with Crippen LogP contribution in [0.25, 0.3) is 0 Å². The maximum absolute atomic E-state index is 13.6. The Labute approximate surface area is 222 Å². The number of amides is 1. The van der Waals surface area contributed by atoms with E-state index in [9.17, 15) is 18.0 Å². The summed E-state index contributed by atoms with van der Waals surface area (Å²) in [6.45, 7) is 4.67. The van der Waals surface area contributed by atoms with E-state index in [1.165, 1.54) is 6.20 Å². The van der Waals surface area contributed by atoms with Crippen LogP contribution in [0.4, 0.5) is 24.7 Å². The highest BCUT2D eigenvalue weighted by Gasteiger charge is 2.41. The van der Waals surface area contributed by atoms with Crippen LogP contribution in [0.2, 0.25) is 0 Å². The van der Waals surface area contributed by atoms with E-state index in [2.05, 4.69) is 30.3 Å². The third-order valence-electron chi connectivity index (χ3n) is 6.58. The molecule has 3 aromatic rings. The van der Waals surface area contributed by atoms with Crippen molar-refractivity contribution >= 4 is 23.3 Å². The summed E-state index contributed by atoms with van der Waals surface area (Å²) >= 11 is 0. The van der Waals surface area contributed by atoms with Crippen LogP contribution in [0.15, 0.2) is 69.4 Å². The number of rotatable bonds is 6. The average molecular weight is 541 g/mol. The van der Waals surface area contributed by atoms with E-state index in [1.54, 1.807) is 42.5 Å². The van der Waals surface area contributed by atoms with Gasteiger partial charge in [0.05, 0.1) is 11.9 Å². The number of benzene rings is 1. The quantitative estimate of drug-likeness (QED) is 0.458. The number of nitrogens with one attached hydrogen (secondary N) is 1. The Morgan fingerprint density at radius 3 is 2.46 bits per heavy atom. The van der Waals surface area contributed by atoms with Gasteiger partial charge in [0, 0.05) is 30.5 Å². The van der Waals surface area contributed by atoms with E-state index in [0.717, 1.165) is 25.9 Å². The largest absolute Gasteiger partial charge is 0.472 e. The average Bonchev–Trinajstić information content (AvgIpc) is 3.44. The van der Waals surface area contributed by atoms with Gasteiger partial charge in [-0.3, -0.25) is 4.79 Å². The van der Waals surface area contributed by atoms with Crippen LogP contribution in [0.3, 0.4) is 0 Å². The van der Waals surface area contributed by atoms with Crippen molar-refractivity contribution in [2.24, 2.45) is 4.99 Å². The molecule has 9 nitrogen and oxygen atoms in total. The van der Waals surface area contributed by atoms with E-state index in [0.29, 0.717) is 23.1 Å². The third kappa shape index (κ3) is 5.94. The molecule has 0 aliphatic carbocycles. The fourth-order valence-electron chi connectivity index (χ4n) is 4.38. The Morgan fingerprint density at radius 2 is 1.85 bits per heavy atom. The molecule has 4 heterocycles. The van der Waals surface area contributed by atoms with E-state index >= 15 is 0 Å². The van der Waals surface area contributed by atoms with Crippen molar-refractivity contribution in [2.45, 2.75) is 44.7 Å². The van der Waals surface area contributed by atoms with Gasteiger partial charge in [-0.25, -0.2) is 9.98 Å². The van der Waals surface area contributed by atoms with Gasteiger partial charge in [0.2, 0.25) is 11.8 Å². The first-order chi connectivity index (χ1) is 18.7. The molecule has 1 saturated heterocycles. The fourth-order valence-corrected chi connectivity index (χ4v) is 4.38. The number of piperidine rings is 1. The Hall–Kier alpha value is -4.22. The monoisotopic (exact) mass is 540 g/mol. The van der Waals surface area contributed by atoms with Crippen molar-refractivity contribution in [3.05, 3.63) is 77.2 Å². The first kappa shape index (κ1) is 26.4. The van der Waals surface area contributed by atoms with Crippen LogP contribution in [0.1, 0.15) is 55.8 Å². The second kappa shape index (κ2) is 10.9. The number of halogens is 3. The number of aromatic nitrogens is 3. The Bertz CT molecular complexity index is 1380. The minimum atomic E-state index is -4.77. The third-order valence-corrected chi connectivity index (χ3v) is 6.58. The summed E-state index contributed by atoms with van der Waals surface area (Å²) in [7, 11) is 0. The molecule has 0 bridgehead atoms. The van der Waals surface area contributed by atoms with Crippen molar-refractivity contribution < 1.29 is 27.2 Å². The van der Waals surface area contributed by atoms with Crippen LogP contribution in [0.5, 0.6) is 0 Å². The molecule has 2 aromatic heterocycles. The predicted octanol–water partition coefficient (Wildman–Crippen LogP) is 5.20. The molecule has 2 aliphatic heterocycles. The first-order valence-corrected chi connectivity index (χ1v) is 12.6. The Morgan fingerprint density at radius 1 is 1.10 bits per heavy atom. The fraction of sp³-hybridized carbons (Fsp3) is 0.370. The highest BCUT2D eigenvalue weighted by Crippen LogP contribution is 2.33. The number of pyridine rings is 1. The lowest BCUT2D eigenvalue weighted by Crippen LogP contribution is -2.33. The minimum absolute atomic E-state index is 0.0495. The summed E-state index contributed by atoms with van der Waals surface area (Å²) in [5, 5.41) is 6.53. The summed E-state index contributed by atoms with van der Waals surface area (Å²) in [6, 6.07) is 11.8. The lowest BCUT2D eigenvalue weighted by molar-refractivity contribution is -0.116. The molecule has 1 aromatic carbocycles.